The number of hydrogen-bond acceptors (Lipinski definition) is 7. The zero-order valence-corrected chi connectivity index (χ0v) is 17.8. The number of halogens is 1. The number of rotatable bonds is 6. The molecule has 1 saturated heterocycles. The number of carbonyl (C=O) groups is 1. The molecule has 0 bridgehead atoms. The van der Waals surface area contributed by atoms with E-state index in [1.807, 2.05) is 32.0 Å². The number of hydrogen-bond donors (Lipinski definition) is 3. The monoisotopic (exact) mass is 436 g/mol. The third-order valence-electron chi connectivity index (χ3n) is 5.00. The van der Waals surface area contributed by atoms with E-state index in [0.717, 1.165) is 22.8 Å². The minimum absolute atomic E-state index is 0.0476. The van der Waals surface area contributed by atoms with Gasteiger partial charge in [-0.1, -0.05) is 18.2 Å². The third kappa shape index (κ3) is 4.96. The molecule has 1 heterocycles. The van der Waals surface area contributed by atoms with Gasteiger partial charge in [-0.3, -0.25) is 15.1 Å². The number of hydrazine groups is 1. The molecule has 1 fully saturated rings. The first-order chi connectivity index (χ1) is 14.1. The van der Waals surface area contributed by atoms with Crippen LogP contribution in [0.5, 0.6) is 0 Å². The number of aryl methyl sites for hydroxylation is 2. The van der Waals surface area contributed by atoms with E-state index in [4.69, 9.17) is 9.88 Å². The van der Waals surface area contributed by atoms with E-state index >= 15 is 0 Å². The van der Waals surface area contributed by atoms with Crippen molar-refractivity contribution in [3.8, 4) is 0 Å². The van der Waals surface area contributed by atoms with Crippen molar-refractivity contribution in [2.24, 2.45) is 5.14 Å². The highest BCUT2D eigenvalue weighted by atomic mass is 32.2. The molecule has 8 nitrogen and oxygen atoms in total. The standard InChI is InChI=1S/C20H25FN4O4S/c1-12-5-4-6-13(2)16(12)10-20-23-19(11-29-14(3)26)24-25(20)18-8-7-15(9-17(18)21)30(22,27)28/h4-9,19-20,23-24H,10-11H2,1-3H3,(H2,22,27,28). The molecule has 10 heteroatoms. The molecule has 4 N–H and O–H groups in total. The van der Waals surface area contributed by atoms with Gasteiger partial charge in [0.1, 0.15) is 24.8 Å². The average molecular weight is 437 g/mol. The van der Waals surface area contributed by atoms with Crippen LogP contribution in [0.15, 0.2) is 41.3 Å². The van der Waals surface area contributed by atoms with Crippen molar-refractivity contribution < 1.29 is 22.3 Å². The van der Waals surface area contributed by atoms with Crippen molar-refractivity contribution in [3.63, 3.8) is 0 Å². The summed E-state index contributed by atoms with van der Waals surface area (Å²) in [5.74, 6) is -1.16. The molecule has 2 aromatic carbocycles. The lowest BCUT2D eigenvalue weighted by Crippen LogP contribution is -2.42. The number of ether oxygens (including phenoxy) is 1. The van der Waals surface area contributed by atoms with Gasteiger partial charge in [0.05, 0.1) is 10.6 Å². The van der Waals surface area contributed by atoms with Gasteiger partial charge in [0.25, 0.3) is 0 Å². The largest absolute Gasteiger partial charge is 0.463 e. The maximum atomic E-state index is 14.8. The van der Waals surface area contributed by atoms with Crippen LogP contribution in [0.3, 0.4) is 0 Å². The van der Waals surface area contributed by atoms with Gasteiger partial charge in [-0.25, -0.2) is 23.4 Å². The van der Waals surface area contributed by atoms with E-state index < -0.39 is 28.0 Å². The highest BCUT2D eigenvalue weighted by Gasteiger charge is 2.34. The van der Waals surface area contributed by atoms with Gasteiger partial charge in [-0.15, -0.1) is 0 Å². The molecule has 3 rings (SSSR count). The zero-order valence-electron chi connectivity index (χ0n) is 17.0. The highest BCUT2D eigenvalue weighted by molar-refractivity contribution is 7.89. The molecule has 2 aromatic rings. The van der Waals surface area contributed by atoms with E-state index in [1.165, 1.54) is 19.1 Å². The van der Waals surface area contributed by atoms with Crippen molar-refractivity contribution in [3.05, 3.63) is 58.9 Å². The average Bonchev–Trinajstić information content (AvgIpc) is 3.05. The van der Waals surface area contributed by atoms with Crippen LogP contribution in [-0.2, 0) is 26.0 Å². The summed E-state index contributed by atoms with van der Waals surface area (Å²) < 4.78 is 42.9. The van der Waals surface area contributed by atoms with Crippen molar-refractivity contribution in [2.45, 2.75) is 44.4 Å². The van der Waals surface area contributed by atoms with Crippen molar-refractivity contribution >= 4 is 21.7 Å². The van der Waals surface area contributed by atoms with Gasteiger partial charge in [-0.2, -0.15) is 0 Å². The van der Waals surface area contributed by atoms with Gasteiger partial charge in [-0.05, 0) is 48.7 Å². The summed E-state index contributed by atoms with van der Waals surface area (Å²) in [5, 5.41) is 9.98. The first-order valence-corrected chi connectivity index (χ1v) is 10.9. The van der Waals surface area contributed by atoms with Crippen LogP contribution in [0, 0.1) is 19.7 Å². The van der Waals surface area contributed by atoms with Crippen molar-refractivity contribution in [1.29, 1.82) is 0 Å². The summed E-state index contributed by atoms with van der Waals surface area (Å²) in [4.78, 5) is 10.9. The number of carbonyl (C=O) groups excluding carboxylic acids is 1. The fraction of sp³-hybridized carbons (Fsp3) is 0.350. The second-order valence-electron chi connectivity index (χ2n) is 7.27. The SMILES string of the molecule is CC(=O)OCC1NC(Cc2c(C)cccc2C)N(c2ccc(S(N)(=O)=O)cc2F)N1. The molecule has 0 saturated carbocycles. The summed E-state index contributed by atoms with van der Waals surface area (Å²) in [6, 6.07) is 9.49. The van der Waals surface area contributed by atoms with Crippen LogP contribution in [0.2, 0.25) is 0 Å². The smallest absolute Gasteiger partial charge is 0.302 e. The molecular formula is C20H25FN4O4S. The van der Waals surface area contributed by atoms with Gasteiger partial charge < -0.3 is 4.74 Å². The summed E-state index contributed by atoms with van der Waals surface area (Å²) in [6.07, 6.45) is -0.279. The molecule has 1 aliphatic rings. The minimum atomic E-state index is -4.02. The van der Waals surface area contributed by atoms with Crippen molar-refractivity contribution in [1.82, 2.24) is 10.7 Å². The van der Waals surface area contributed by atoms with E-state index in [9.17, 15) is 17.6 Å². The topological polar surface area (TPSA) is 114 Å². The number of anilines is 1. The second kappa shape index (κ2) is 8.68. The van der Waals surface area contributed by atoms with Crippen LogP contribution in [-0.4, -0.2) is 33.3 Å². The minimum Gasteiger partial charge on any atom is -0.463 e. The van der Waals surface area contributed by atoms with Gasteiger partial charge in [0.15, 0.2) is 0 Å². The molecule has 30 heavy (non-hydrogen) atoms. The maximum Gasteiger partial charge on any atom is 0.302 e. The van der Waals surface area contributed by atoms with E-state index in [-0.39, 0.29) is 23.4 Å². The Bertz CT molecular complexity index is 1040. The first-order valence-electron chi connectivity index (χ1n) is 9.38. The Kier molecular flexibility index (Phi) is 6.41. The molecule has 0 aromatic heterocycles. The van der Waals surface area contributed by atoms with Gasteiger partial charge in [0, 0.05) is 13.3 Å². The molecule has 2 unspecified atom stereocenters. The van der Waals surface area contributed by atoms with Crippen LogP contribution < -0.4 is 20.9 Å². The molecule has 0 amide bonds. The molecular weight excluding hydrogens is 411 g/mol. The molecule has 1 aliphatic heterocycles. The normalized spacial score (nSPS) is 19.2. The number of sulfonamides is 1. The number of nitrogens with one attached hydrogen (secondary N) is 2. The Labute approximate surface area is 175 Å². The lowest BCUT2D eigenvalue weighted by molar-refractivity contribution is -0.141. The maximum absolute atomic E-state index is 14.8. The molecule has 2 atom stereocenters. The summed E-state index contributed by atoms with van der Waals surface area (Å²) in [6.45, 7) is 5.37. The zero-order chi connectivity index (χ0) is 22.1. The number of benzene rings is 2. The molecule has 0 radical (unpaired) electrons. The molecule has 0 aliphatic carbocycles. The number of esters is 1. The van der Waals surface area contributed by atoms with Crippen LogP contribution in [0.25, 0.3) is 0 Å². The van der Waals surface area contributed by atoms with Crippen LogP contribution in [0.4, 0.5) is 10.1 Å². The molecule has 162 valence electrons. The predicted molar refractivity (Wildman–Crippen MR) is 110 cm³/mol. The van der Waals surface area contributed by atoms with Gasteiger partial charge in [0.2, 0.25) is 10.0 Å². The van der Waals surface area contributed by atoms with E-state index in [0.29, 0.717) is 6.42 Å². The fourth-order valence-corrected chi connectivity index (χ4v) is 4.03. The Hall–Kier alpha value is -2.53. The van der Waals surface area contributed by atoms with Crippen molar-refractivity contribution in [2.75, 3.05) is 11.6 Å². The number of primary sulfonamides is 1. The Morgan fingerprint density at radius 1 is 1.23 bits per heavy atom. The third-order valence-corrected chi connectivity index (χ3v) is 5.91. The Balaban J connectivity index is 1.93. The first kappa shape index (κ1) is 22.2. The van der Waals surface area contributed by atoms with Gasteiger partial charge >= 0.3 is 5.97 Å². The fourth-order valence-electron chi connectivity index (χ4n) is 3.50. The summed E-state index contributed by atoms with van der Waals surface area (Å²) in [7, 11) is -4.02. The summed E-state index contributed by atoms with van der Waals surface area (Å²) >= 11 is 0. The second-order valence-corrected chi connectivity index (χ2v) is 8.83. The molecule has 0 spiro atoms. The quantitative estimate of drug-likeness (QED) is 0.588. The number of nitrogens with zero attached hydrogens (tertiary/aromatic N) is 1. The van der Waals surface area contributed by atoms with Crippen LogP contribution >= 0.6 is 0 Å². The Morgan fingerprint density at radius 3 is 2.47 bits per heavy atom. The number of nitrogens with two attached hydrogens (primary N) is 1. The lowest BCUT2D eigenvalue weighted by Gasteiger charge is -2.27. The van der Waals surface area contributed by atoms with E-state index in [2.05, 4.69) is 10.7 Å². The van der Waals surface area contributed by atoms with Crippen LogP contribution in [0.1, 0.15) is 23.6 Å². The highest BCUT2D eigenvalue weighted by Crippen LogP contribution is 2.27. The summed E-state index contributed by atoms with van der Waals surface area (Å²) in [5.41, 5.74) is 6.56. The Morgan fingerprint density at radius 2 is 1.90 bits per heavy atom. The lowest BCUT2D eigenvalue weighted by atomic mass is 9.98. The predicted octanol–water partition coefficient (Wildman–Crippen LogP) is 1.46. The van der Waals surface area contributed by atoms with E-state index in [1.54, 1.807) is 5.01 Å².